The van der Waals surface area contributed by atoms with Crippen LogP contribution in [0.2, 0.25) is 0 Å². The second kappa shape index (κ2) is 5.26. The van der Waals surface area contributed by atoms with Gasteiger partial charge in [0.15, 0.2) is 0 Å². The van der Waals surface area contributed by atoms with E-state index in [4.69, 9.17) is 0 Å². The van der Waals surface area contributed by atoms with E-state index in [0.29, 0.717) is 12.3 Å². The van der Waals surface area contributed by atoms with Crippen LogP contribution in [0.3, 0.4) is 0 Å². The number of hydrogen-bond acceptors (Lipinski definition) is 4. The van der Waals surface area contributed by atoms with E-state index in [1.165, 1.54) is 12.0 Å². The van der Waals surface area contributed by atoms with E-state index in [2.05, 4.69) is 23.6 Å². The molecule has 0 aromatic carbocycles. The maximum atomic E-state index is 11.0. The summed E-state index contributed by atoms with van der Waals surface area (Å²) < 4.78 is 4.61. The van der Waals surface area contributed by atoms with Crippen LogP contribution in [-0.4, -0.2) is 18.1 Å². The number of esters is 1. The van der Waals surface area contributed by atoms with Gasteiger partial charge in [-0.2, -0.15) is 0 Å². The molecular formula is C11H17NO2S. The molecule has 0 saturated carbocycles. The topological polar surface area (TPSA) is 39.2 Å². The highest BCUT2D eigenvalue weighted by molar-refractivity contribution is 7.11. The number of carbonyl (C=O) groups excluding carboxylic acids is 1. The number of rotatable bonds is 4. The minimum atomic E-state index is -0.158. The van der Waals surface area contributed by atoms with Crippen molar-refractivity contribution in [3.8, 4) is 0 Å². The quantitative estimate of drug-likeness (QED) is 0.742. The lowest BCUT2D eigenvalue weighted by molar-refractivity contribution is -0.140. The predicted molar refractivity (Wildman–Crippen MR) is 61.3 cm³/mol. The molecule has 1 heterocycles. The first kappa shape index (κ1) is 12.2. The minimum Gasteiger partial charge on any atom is -0.469 e. The van der Waals surface area contributed by atoms with E-state index >= 15 is 0 Å². The van der Waals surface area contributed by atoms with E-state index in [0.717, 1.165) is 17.1 Å². The minimum absolute atomic E-state index is 0.158. The molecule has 0 aliphatic carbocycles. The highest BCUT2D eigenvalue weighted by Gasteiger charge is 2.11. The fraction of sp³-hybridized carbons (Fsp3) is 0.636. The fourth-order valence-electron chi connectivity index (χ4n) is 1.25. The molecule has 1 aromatic rings. The van der Waals surface area contributed by atoms with Crippen LogP contribution in [0.15, 0.2) is 0 Å². The molecule has 0 N–H and O–H groups in total. The lowest BCUT2D eigenvalue weighted by atomic mass is 10.2. The summed E-state index contributed by atoms with van der Waals surface area (Å²) >= 11 is 1.70. The maximum absolute atomic E-state index is 11.0. The SMILES string of the molecule is COC(=O)CCc1sc(C(C)C)nc1C. The van der Waals surface area contributed by atoms with Gasteiger partial charge < -0.3 is 4.74 Å². The molecular weight excluding hydrogens is 210 g/mol. The molecule has 84 valence electrons. The van der Waals surface area contributed by atoms with Gasteiger partial charge >= 0.3 is 5.97 Å². The zero-order chi connectivity index (χ0) is 11.4. The van der Waals surface area contributed by atoms with Gasteiger partial charge in [-0.25, -0.2) is 4.98 Å². The van der Waals surface area contributed by atoms with E-state index in [1.807, 2.05) is 6.92 Å². The highest BCUT2D eigenvalue weighted by Crippen LogP contribution is 2.25. The number of aromatic nitrogens is 1. The molecule has 15 heavy (non-hydrogen) atoms. The second-order valence-electron chi connectivity index (χ2n) is 3.79. The van der Waals surface area contributed by atoms with Crippen LogP contribution in [0.4, 0.5) is 0 Å². The zero-order valence-corrected chi connectivity index (χ0v) is 10.5. The van der Waals surface area contributed by atoms with Crippen LogP contribution < -0.4 is 0 Å². The van der Waals surface area contributed by atoms with Gasteiger partial charge in [0.05, 0.1) is 24.2 Å². The maximum Gasteiger partial charge on any atom is 0.305 e. The number of aryl methyl sites for hydroxylation is 2. The summed E-state index contributed by atoms with van der Waals surface area (Å²) in [6.07, 6.45) is 1.18. The molecule has 0 aliphatic rings. The van der Waals surface area contributed by atoms with Crippen molar-refractivity contribution >= 4 is 17.3 Å². The van der Waals surface area contributed by atoms with Crippen molar-refractivity contribution in [3.63, 3.8) is 0 Å². The predicted octanol–water partition coefficient (Wildman–Crippen LogP) is 2.68. The van der Waals surface area contributed by atoms with Crippen LogP contribution in [0, 0.1) is 6.92 Å². The van der Waals surface area contributed by atoms with Crippen molar-refractivity contribution in [2.24, 2.45) is 0 Å². The molecule has 0 atom stereocenters. The Morgan fingerprint density at radius 1 is 1.53 bits per heavy atom. The van der Waals surface area contributed by atoms with Gasteiger partial charge in [0.2, 0.25) is 0 Å². The molecule has 0 aliphatic heterocycles. The van der Waals surface area contributed by atoms with Gasteiger partial charge in [-0.1, -0.05) is 13.8 Å². The van der Waals surface area contributed by atoms with Crippen LogP contribution >= 0.6 is 11.3 Å². The molecule has 0 spiro atoms. The summed E-state index contributed by atoms with van der Waals surface area (Å²) in [6.45, 7) is 6.25. The Morgan fingerprint density at radius 3 is 2.67 bits per heavy atom. The van der Waals surface area contributed by atoms with E-state index in [-0.39, 0.29) is 5.97 Å². The Bertz CT molecular complexity index is 344. The number of ether oxygens (including phenoxy) is 1. The van der Waals surface area contributed by atoms with Crippen molar-refractivity contribution in [1.29, 1.82) is 0 Å². The van der Waals surface area contributed by atoms with Gasteiger partial charge in [-0.15, -0.1) is 11.3 Å². The van der Waals surface area contributed by atoms with Crippen molar-refractivity contribution in [3.05, 3.63) is 15.6 Å². The van der Waals surface area contributed by atoms with Gasteiger partial charge in [-0.05, 0) is 13.3 Å². The van der Waals surface area contributed by atoms with Crippen LogP contribution in [0.25, 0.3) is 0 Å². The molecule has 0 unspecified atom stereocenters. The monoisotopic (exact) mass is 227 g/mol. The Kier molecular flexibility index (Phi) is 4.27. The third kappa shape index (κ3) is 3.30. The number of nitrogens with zero attached hydrogens (tertiary/aromatic N) is 1. The third-order valence-electron chi connectivity index (χ3n) is 2.19. The van der Waals surface area contributed by atoms with Crippen LogP contribution in [0.5, 0.6) is 0 Å². The zero-order valence-electron chi connectivity index (χ0n) is 9.66. The second-order valence-corrected chi connectivity index (χ2v) is 4.91. The summed E-state index contributed by atoms with van der Waals surface area (Å²) in [5.41, 5.74) is 1.05. The normalized spacial score (nSPS) is 10.7. The fourth-order valence-corrected chi connectivity index (χ4v) is 2.32. The first-order valence-electron chi connectivity index (χ1n) is 5.07. The molecule has 3 nitrogen and oxygen atoms in total. The molecule has 0 radical (unpaired) electrons. The number of thiazole rings is 1. The molecule has 0 bridgehead atoms. The summed E-state index contributed by atoms with van der Waals surface area (Å²) in [4.78, 5) is 16.7. The first-order chi connectivity index (χ1) is 7.04. The van der Waals surface area contributed by atoms with E-state index in [9.17, 15) is 4.79 Å². The first-order valence-corrected chi connectivity index (χ1v) is 5.89. The van der Waals surface area contributed by atoms with Gasteiger partial charge in [0.1, 0.15) is 0 Å². The Labute approximate surface area is 94.5 Å². The Balaban J connectivity index is 2.65. The summed E-state index contributed by atoms with van der Waals surface area (Å²) in [6, 6.07) is 0. The molecule has 4 heteroatoms. The average molecular weight is 227 g/mol. The van der Waals surface area contributed by atoms with Crippen molar-refractivity contribution < 1.29 is 9.53 Å². The van der Waals surface area contributed by atoms with Crippen molar-refractivity contribution in [2.45, 2.75) is 39.5 Å². The van der Waals surface area contributed by atoms with Gasteiger partial charge in [-0.3, -0.25) is 4.79 Å². The molecule has 1 rings (SSSR count). The number of carbonyl (C=O) groups is 1. The van der Waals surface area contributed by atoms with Crippen LogP contribution in [-0.2, 0) is 16.0 Å². The standard InChI is InChI=1S/C11H17NO2S/c1-7(2)11-12-8(3)9(15-11)5-6-10(13)14-4/h7H,5-6H2,1-4H3. The third-order valence-corrected chi connectivity index (χ3v) is 3.70. The Morgan fingerprint density at radius 2 is 2.20 bits per heavy atom. The number of hydrogen-bond donors (Lipinski definition) is 0. The highest BCUT2D eigenvalue weighted by atomic mass is 32.1. The Hall–Kier alpha value is -0.900. The van der Waals surface area contributed by atoms with Gasteiger partial charge in [0.25, 0.3) is 0 Å². The molecule has 0 amide bonds. The largest absolute Gasteiger partial charge is 0.469 e. The smallest absolute Gasteiger partial charge is 0.305 e. The molecule has 1 aromatic heterocycles. The van der Waals surface area contributed by atoms with Crippen LogP contribution in [0.1, 0.15) is 41.8 Å². The van der Waals surface area contributed by atoms with E-state index < -0.39 is 0 Å². The molecule has 0 saturated heterocycles. The van der Waals surface area contributed by atoms with Gasteiger partial charge in [0, 0.05) is 10.8 Å². The lowest BCUT2D eigenvalue weighted by Gasteiger charge is -1.97. The lowest BCUT2D eigenvalue weighted by Crippen LogP contribution is -2.01. The summed E-state index contributed by atoms with van der Waals surface area (Å²) in [5, 5.41) is 1.15. The van der Waals surface area contributed by atoms with E-state index in [1.54, 1.807) is 11.3 Å². The summed E-state index contributed by atoms with van der Waals surface area (Å²) in [5.74, 6) is 0.300. The average Bonchev–Trinajstić information content (AvgIpc) is 2.56. The van der Waals surface area contributed by atoms with Crippen molar-refractivity contribution in [1.82, 2.24) is 4.98 Å². The number of methoxy groups -OCH3 is 1. The summed E-state index contributed by atoms with van der Waals surface area (Å²) in [7, 11) is 1.42. The molecule has 0 fully saturated rings. The van der Waals surface area contributed by atoms with Crippen molar-refractivity contribution in [2.75, 3.05) is 7.11 Å².